The summed E-state index contributed by atoms with van der Waals surface area (Å²) in [5, 5.41) is -0.549. The Kier molecular flexibility index (Phi) is 5.54. The van der Waals surface area contributed by atoms with Crippen LogP contribution in [0.15, 0.2) is 18.2 Å². The molecular formula is C13H18ClFN2O2S2. The Morgan fingerprint density at radius 3 is 2.86 bits per heavy atom. The van der Waals surface area contributed by atoms with Crippen molar-refractivity contribution < 1.29 is 12.8 Å². The summed E-state index contributed by atoms with van der Waals surface area (Å²) in [4.78, 5) is 1.86. The van der Waals surface area contributed by atoms with Gasteiger partial charge < -0.3 is 5.73 Å². The molecule has 0 aliphatic carbocycles. The first-order valence-corrected chi connectivity index (χ1v) is 10.0. The molecule has 0 spiro atoms. The van der Waals surface area contributed by atoms with Crippen LogP contribution in [0.3, 0.4) is 0 Å². The van der Waals surface area contributed by atoms with Gasteiger partial charge in [-0.2, -0.15) is 11.8 Å². The Hall–Kier alpha value is -0.340. The zero-order valence-electron chi connectivity index (χ0n) is 11.6. The largest absolute Gasteiger partial charge is 0.329 e. The zero-order valence-corrected chi connectivity index (χ0v) is 14.0. The van der Waals surface area contributed by atoms with Gasteiger partial charge in [0.15, 0.2) is 9.84 Å². The maximum atomic E-state index is 13.7. The molecule has 21 heavy (non-hydrogen) atoms. The quantitative estimate of drug-likeness (QED) is 0.896. The van der Waals surface area contributed by atoms with Gasteiger partial charge in [-0.3, -0.25) is 4.90 Å². The normalized spacial score (nSPS) is 22.2. The van der Waals surface area contributed by atoms with E-state index >= 15 is 0 Å². The summed E-state index contributed by atoms with van der Waals surface area (Å²) in [6, 6.07) is 4.17. The molecule has 2 unspecified atom stereocenters. The molecule has 0 amide bonds. The molecule has 1 fully saturated rings. The highest BCUT2D eigenvalue weighted by Gasteiger charge is 2.35. The monoisotopic (exact) mass is 352 g/mol. The number of thioether (sulfide) groups is 1. The van der Waals surface area contributed by atoms with Crippen molar-refractivity contribution in [1.82, 2.24) is 4.90 Å². The van der Waals surface area contributed by atoms with Crippen LogP contribution in [0.2, 0.25) is 5.02 Å². The number of nitrogens with two attached hydrogens (primary N) is 1. The van der Waals surface area contributed by atoms with Crippen molar-refractivity contribution >= 4 is 33.2 Å². The minimum Gasteiger partial charge on any atom is -0.329 e. The molecule has 1 aromatic carbocycles. The minimum atomic E-state index is -3.23. The van der Waals surface area contributed by atoms with Crippen molar-refractivity contribution in [3.63, 3.8) is 0 Å². The Morgan fingerprint density at radius 2 is 2.29 bits per heavy atom. The fraction of sp³-hybridized carbons (Fsp3) is 0.538. The third kappa shape index (κ3) is 3.90. The SMILES string of the molecule is CS(=O)(=O)C1CSCCN1C(CN)c1ccc(Cl)c(F)c1. The molecule has 8 heteroatoms. The number of hydrogen-bond acceptors (Lipinski definition) is 5. The van der Waals surface area contributed by atoms with Crippen LogP contribution in [0.1, 0.15) is 11.6 Å². The van der Waals surface area contributed by atoms with Crippen LogP contribution in [0.4, 0.5) is 4.39 Å². The van der Waals surface area contributed by atoms with Gasteiger partial charge in [-0.15, -0.1) is 0 Å². The van der Waals surface area contributed by atoms with E-state index in [2.05, 4.69) is 0 Å². The first-order valence-electron chi connectivity index (χ1n) is 6.52. The van der Waals surface area contributed by atoms with E-state index in [4.69, 9.17) is 17.3 Å². The topological polar surface area (TPSA) is 63.4 Å². The van der Waals surface area contributed by atoms with Gasteiger partial charge in [0, 0.05) is 36.9 Å². The molecule has 0 radical (unpaired) electrons. The fourth-order valence-electron chi connectivity index (χ4n) is 2.50. The maximum Gasteiger partial charge on any atom is 0.164 e. The van der Waals surface area contributed by atoms with E-state index in [0.717, 1.165) is 5.75 Å². The van der Waals surface area contributed by atoms with E-state index < -0.39 is 21.0 Å². The molecule has 118 valence electrons. The molecule has 1 heterocycles. The first-order chi connectivity index (χ1) is 9.84. The van der Waals surface area contributed by atoms with Crippen LogP contribution in [0.25, 0.3) is 0 Å². The molecule has 4 nitrogen and oxygen atoms in total. The average molecular weight is 353 g/mol. The molecular weight excluding hydrogens is 335 g/mol. The van der Waals surface area contributed by atoms with Gasteiger partial charge in [-0.1, -0.05) is 17.7 Å². The van der Waals surface area contributed by atoms with Gasteiger partial charge in [0.2, 0.25) is 0 Å². The van der Waals surface area contributed by atoms with Crippen molar-refractivity contribution in [3.05, 3.63) is 34.6 Å². The van der Waals surface area contributed by atoms with Crippen molar-refractivity contribution in [2.45, 2.75) is 11.4 Å². The zero-order chi connectivity index (χ0) is 15.6. The lowest BCUT2D eigenvalue weighted by molar-refractivity contribution is 0.197. The summed E-state index contributed by atoms with van der Waals surface area (Å²) in [6.45, 7) is 0.826. The second kappa shape index (κ2) is 6.83. The molecule has 1 saturated heterocycles. The van der Waals surface area contributed by atoms with E-state index in [1.807, 2.05) is 4.90 Å². The number of benzene rings is 1. The summed E-state index contributed by atoms with van der Waals surface area (Å²) in [6.07, 6.45) is 1.23. The third-order valence-electron chi connectivity index (χ3n) is 3.57. The number of halogens is 2. The lowest BCUT2D eigenvalue weighted by Gasteiger charge is -2.39. The Bertz CT molecular complexity index is 612. The molecule has 2 N–H and O–H groups in total. The number of rotatable bonds is 4. The van der Waals surface area contributed by atoms with Crippen LogP contribution in [-0.2, 0) is 9.84 Å². The average Bonchev–Trinajstić information content (AvgIpc) is 2.43. The Labute approximate surface area is 133 Å². The Morgan fingerprint density at radius 1 is 1.57 bits per heavy atom. The van der Waals surface area contributed by atoms with Gasteiger partial charge in [0.05, 0.1) is 5.02 Å². The summed E-state index contributed by atoms with van der Waals surface area (Å²) in [5.74, 6) is 0.819. The van der Waals surface area contributed by atoms with Crippen molar-refractivity contribution in [1.29, 1.82) is 0 Å². The smallest absolute Gasteiger partial charge is 0.164 e. The van der Waals surface area contributed by atoms with Crippen LogP contribution in [0, 0.1) is 5.82 Å². The van der Waals surface area contributed by atoms with Crippen LogP contribution in [-0.4, -0.2) is 49.5 Å². The summed E-state index contributed by atoms with van der Waals surface area (Å²) in [7, 11) is -3.23. The second-order valence-corrected chi connectivity index (χ2v) is 8.78. The van der Waals surface area contributed by atoms with Crippen molar-refractivity contribution in [3.8, 4) is 0 Å². The molecule has 1 aliphatic heterocycles. The number of nitrogens with zero attached hydrogens (tertiary/aromatic N) is 1. The van der Waals surface area contributed by atoms with Crippen LogP contribution in [0.5, 0.6) is 0 Å². The summed E-state index contributed by atoms with van der Waals surface area (Å²) in [5.41, 5.74) is 6.48. The van der Waals surface area contributed by atoms with E-state index in [0.29, 0.717) is 17.9 Å². The fourth-order valence-corrected chi connectivity index (χ4v) is 5.54. The maximum absolute atomic E-state index is 13.7. The lowest BCUT2D eigenvalue weighted by Crippen LogP contribution is -2.50. The predicted molar refractivity (Wildman–Crippen MR) is 85.9 cm³/mol. The molecule has 2 rings (SSSR count). The second-order valence-electron chi connectivity index (χ2n) is 5.02. The number of sulfone groups is 1. The molecule has 0 aromatic heterocycles. The molecule has 1 aliphatic rings. The van der Waals surface area contributed by atoms with E-state index in [1.54, 1.807) is 17.8 Å². The highest BCUT2D eigenvalue weighted by molar-refractivity contribution is 8.00. The summed E-state index contributed by atoms with van der Waals surface area (Å²) < 4.78 is 37.6. The van der Waals surface area contributed by atoms with Gasteiger partial charge in [0.1, 0.15) is 11.2 Å². The highest BCUT2D eigenvalue weighted by atomic mass is 35.5. The van der Waals surface area contributed by atoms with E-state index in [-0.39, 0.29) is 17.6 Å². The van der Waals surface area contributed by atoms with E-state index in [1.165, 1.54) is 18.4 Å². The Balaban J connectivity index is 2.36. The van der Waals surface area contributed by atoms with Crippen LogP contribution >= 0.6 is 23.4 Å². The minimum absolute atomic E-state index is 0.0448. The van der Waals surface area contributed by atoms with Gasteiger partial charge in [-0.05, 0) is 17.7 Å². The summed E-state index contributed by atoms with van der Waals surface area (Å²) >= 11 is 7.30. The first kappa shape index (κ1) is 17.0. The molecule has 0 bridgehead atoms. The molecule has 2 atom stereocenters. The third-order valence-corrected chi connectivity index (χ3v) is 6.54. The van der Waals surface area contributed by atoms with Gasteiger partial charge >= 0.3 is 0 Å². The van der Waals surface area contributed by atoms with Crippen LogP contribution < -0.4 is 5.73 Å². The predicted octanol–water partition coefficient (Wildman–Crippen LogP) is 1.90. The molecule has 1 aromatic rings. The van der Waals surface area contributed by atoms with Gasteiger partial charge in [0.25, 0.3) is 0 Å². The lowest BCUT2D eigenvalue weighted by atomic mass is 10.1. The standard InChI is InChI=1S/C13H18ClFN2O2S2/c1-21(18,19)13-8-20-5-4-17(13)12(7-16)9-2-3-10(14)11(15)6-9/h2-3,6,12-13H,4-5,7-8,16H2,1H3. The van der Waals surface area contributed by atoms with Gasteiger partial charge in [-0.25, -0.2) is 12.8 Å². The van der Waals surface area contributed by atoms with Crippen molar-refractivity contribution in [2.75, 3.05) is 30.9 Å². The highest BCUT2D eigenvalue weighted by Crippen LogP contribution is 2.31. The van der Waals surface area contributed by atoms with E-state index in [9.17, 15) is 12.8 Å². The van der Waals surface area contributed by atoms with Crippen molar-refractivity contribution in [2.24, 2.45) is 5.73 Å². The number of hydrogen-bond donors (Lipinski definition) is 1. The molecule has 0 saturated carbocycles.